The van der Waals surface area contributed by atoms with E-state index in [1.54, 1.807) is 6.92 Å². The molecule has 0 spiro atoms. The Hall–Kier alpha value is -2.84. The van der Waals surface area contributed by atoms with Crippen LogP contribution in [0.25, 0.3) is 0 Å². The van der Waals surface area contributed by atoms with E-state index in [0.717, 1.165) is 23.1 Å². The molecule has 0 unspecified atom stereocenters. The Morgan fingerprint density at radius 3 is 2.59 bits per heavy atom. The van der Waals surface area contributed by atoms with Crippen LogP contribution in [0.1, 0.15) is 27.3 Å². The molecule has 0 radical (unpaired) electrons. The lowest BCUT2D eigenvalue weighted by molar-refractivity contribution is -0.410. The number of hydrogen-bond donors (Lipinski definition) is 1. The monoisotopic (exact) mass is 313 g/mol. The van der Waals surface area contributed by atoms with Crippen molar-refractivity contribution >= 4 is 23.5 Å². The summed E-state index contributed by atoms with van der Waals surface area (Å²) < 4.78 is 1.33. The number of nitrogen functional groups attached to an aromatic ring is 1. The topological polar surface area (TPSA) is 123 Å². The molecule has 2 heterocycles. The fraction of sp³-hybridized carbons (Fsp3) is 0.214. The molecule has 0 aliphatic rings. The second-order valence-corrected chi connectivity index (χ2v) is 5.57. The van der Waals surface area contributed by atoms with Gasteiger partial charge in [-0.15, -0.1) is 0 Å². The van der Waals surface area contributed by atoms with E-state index in [-0.39, 0.29) is 28.6 Å². The van der Waals surface area contributed by atoms with Crippen molar-refractivity contribution in [3.63, 3.8) is 0 Å². The summed E-state index contributed by atoms with van der Waals surface area (Å²) in [5.41, 5.74) is 7.69. The fourth-order valence-corrected chi connectivity index (χ4v) is 2.74. The minimum absolute atomic E-state index is 0.0957. The number of nitrogens with one attached hydrogen (secondary N) is 1. The molecule has 0 aromatic carbocycles. The second-order valence-electron chi connectivity index (χ2n) is 4.58. The third-order valence-electron chi connectivity index (χ3n) is 2.90. The van der Waals surface area contributed by atoms with E-state index in [9.17, 15) is 4.79 Å². The van der Waals surface area contributed by atoms with Gasteiger partial charge in [0.05, 0.1) is 11.4 Å². The summed E-state index contributed by atoms with van der Waals surface area (Å²) >= 11 is 1.15. The fourth-order valence-electron chi connectivity index (χ4n) is 1.91. The van der Waals surface area contributed by atoms with Crippen molar-refractivity contribution in [2.45, 2.75) is 18.9 Å². The zero-order valence-electron chi connectivity index (χ0n) is 12.0. The van der Waals surface area contributed by atoms with Crippen LogP contribution in [0.15, 0.2) is 17.2 Å². The first-order valence-corrected chi connectivity index (χ1v) is 7.30. The Balaban J connectivity index is 2.20. The van der Waals surface area contributed by atoms with Crippen molar-refractivity contribution in [2.75, 3.05) is 11.5 Å². The number of nitriles is 2. The van der Waals surface area contributed by atoms with Crippen molar-refractivity contribution in [1.29, 1.82) is 10.5 Å². The lowest BCUT2D eigenvalue weighted by Gasteiger charge is -2.04. The zero-order valence-corrected chi connectivity index (χ0v) is 12.9. The van der Waals surface area contributed by atoms with Crippen molar-refractivity contribution in [1.82, 2.24) is 9.78 Å². The van der Waals surface area contributed by atoms with E-state index in [4.69, 9.17) is 16.3 Å². The predicted octanol–water partition coefficient (Wildman–Crippen LogP) is 1.07. The largest absolute Gasteiger partial charge is 0.289 e. The van der Waals surface area contributed by atoms with Gasteiger partial charge in [-0.3, -0.25) is 10.5 Å². The molecule has 3 N–H and O–H groups in total. The molecule has 2 aromatic heterocycles. The van der Waals surface area contributed by atoms with Crippen LogP contribution in [0.3, 0.4) is 0 Å². The summed E-state index contributed by atoms with van der Waals surface area (Å²) in [5, 5.41) is 22.6. The number of thioether (sulfide) groups is 1. The Labute approximate surface area is 131 Å². The van der Waals surface area contributed by atoms with E-state index in [0.29, 0.717) is 5.03 Å². The van der Waals surface area contributed by atoms with Gasteiger partial charge in [-0.25, -0.2) is 9.67 Å². The van der Waals surface area contributed by atoms with Crippen LogP contribution in [0.2, 0.25) is 0 Å². The van der Waals surface area contributed by atoms with E-state index < -0.39 is 0 Å². The molecule has 0 aliphatic carbocycles. The van der Waals surface area contributed by atoms with Crippen molar-refractivity contribution < 1.29 is 9.78 Å². The van der Waals surface area contributed by atoms with E-state index in [2.05, 4.69) is 10.1 Å². The van der Waals surface area contributed by atoms with E-state index >= 15 is 0 Å². The number of aryl methyl sites for hydroxylation is 2. The summed E-state index contributed by atoms with van der Waals surface area (Å²) in [6.07, 6.45) is 0. The number of carbonyl (C=O) groups excluding carboxylic acids is 1. The van der Waals surface area contributed by atoms with Gasteiger partial charge < -0.3 is 0 Å². The van der Waals surface area contributed by atoms with Gasteiger partial charge in [-0.05, 0) is 26.0 Å². The minimum Gasteiger partial charge on any atom is -0.286 e. The summed E-state index contributed by atoms with van der Waals surface area (Å²) in [5.74, 6) is 0.0664. The maximum Gasteiger partial charge on any atom is 0.289 e. The molecule has 2 aromatic rings. The lowest BCUT2D eigenvalue weighted by atomic mass is 10.2. The van der Waals surface area contributed by atoms with Crippen LogP contribution in [0, 0.1) is 36.5 Å². The van der Waals surface area contributed by atoms with E-state index in [1.807, 2.05) is 25.1 Å². The molecule has 0 saturated carbocycles. The smallest absolute Gasteiger partial charge is 0.286 e. The molecule has 0 amide bonds. The summed E-state index contributed by atoms with van der Waals surface area (Å²) in [6, 6.07) is 7.10. The van der Waals surface area contributed by atoms with Gasteiger partial charge in [-0.1, -0.05) is 11.8 Å². The first-order chi connectivity index (χ1) is 10.5. The first-order valence-electron chi connectivity index (χ1n) is 6.31. The number of H-pyrrole nitrogens is 1. The van der Waals surface area contributed by atoms with Gasteiger partial charge in [0.1, 0.15) is 23.3 Å². The Bertz CT molecular complexity index is 827. The average Bonchev–Trinajstić information content (AvgIpc) is 2.83. The van der Waals surface area contributed by atoms with Crippen LogP contribution in [-0.4, -0.2) is 21.4 Å². The number of aromatic nitrogens is 3. The van der Waals surface area contributed by atoms with Gasteiger partial charge in [0, 0.05) is 5.69 Å². The van der Waals surface area contributed by atoms with Gasteiger partial charge in [-0.2, -0.15) is 15.6 Å². The Kier molecular flexibility index (Phi) is 4.44. The molecule has 0 aliphatic heterocycles. The maximum absolute atomic E-state index is 12.2. The highest BCUT2D eigenvalue weighted by atomic mass is 32.2. The number of rotatable bonds is 3. The maximum atomic E-state index is 12.2. The average molecular weight is 313 g/mol. The summed E-state index contributed by atoms with van der Waals surface area (Å²) in [4.78, 5) is 14.9. The van der Waals surface area contributed by atoms with Crippen LogP contribution < -0.4 is 10.7 Å². The first kappa shape index (κ1) is 15.5. The molecular formula is C14H13N6OS+. The third-order valence-corrected chi connectivity index (χ3v) is 3.90. The van der Waals surface area contributed by atoms with Crippen LogP contribution in [0.4, 0.5) is 5.82 Å². The van der Waals surface area contributed by atoms with Crippen molar-refractivity contribution in [2.24, 2.45) is 0 Å². The van der Waals surface area contributed by atoms with Crippen molar-refractivity contribution in [3.05, 3.63) is 34.6 Å². The SMILES string of the molecule is Cc1cc(C)n(C(=O)CSc2[nH+]c(N)c(C#N)cc2C#N)n1. The normalized spacial score (nSPS) is 10.0. The number of pyridine rings is 1. The van der Waals surface area contributed by atoms with Gasteiger partial charge in [0.25, 0.3) is 11.7 Å². The Morgan fingerprint density at radius 2 is 2.05 bits per heavy atom. The third kappa shape index (κ3) is 3.08. The second kappa shape index (κ2) is 6.29. The molecule has 22 heavy (non-hydrogen) atoms. The van der Waals surface area contributed by atoms with Gasteiger partial charge >= 0.3 is 0 Å². The molecular weight excluding hydrogens is 300 g/mol. The van der Waals surface area contributed by atoms with Crippen LogP contribution in [0.5, 0.6) is 0 Å². The minimum atomic E-state index is -0.198. The number of nitrogens with zero attached hydrogens (tertiary/aromatic N) is 4. The standard InChI is InChI=1S/C14H12N6OS/c1-8-3-9(2)20(19-8)12(21)7-22-14-11(6-16)4-10(5-15)13(17)18-14/h3-4H,7H2,1-2H3,(H2,17,18)/p+1. The summed E-state index contributed by atoms with van der Waals surface area (Å²) in [6.45, 7) is 3.61. The quantitative estimate of drug-likeness (QED) is 0.846. The molecule has 8 heteroatoms. The molecule has 0 fully saturated rings. The molecule has 7 nitrogen and oxygen atoms in total. The van der Waals surface area contributed by atoms with Crippen LogP contribution in [-0.2, 0) is 0 Å². The molecule has 0 saturated heterocycles. The number of carbonyl (C=O) groups is 1. The highest BCUT2D eigenvalue weighted by molar-refractivity contribution is 7.99. The number of aromatic amines is 1. The van der Waals surface area contributed by atoms with Crippen molar-refractivity contribution in [3.8, 4) is 12.1 Å². The lowest BCUT2D eigenvalue weighted by Crippen LogP contribution is -2.20. The predicted molar refractivity (Wildman–Crippen MR) is 79.9 cm³/mol. The molecule has 0 atom stereocenters. The van der Waals surface area contributed by atoms with Gasteiger partial charge in [0.15, 0.2) is 5.03 Å². The molecule has 0 bridgehead atoms. The summed E-state index contributed by atoms with van der Waals surface area (Å²) in [7, 11) is 0. The Morgan fingerprint density at radius 1 is 1.36 bits per heavy atom. The highest BCUT2D eigenvalue weighted by Crippen LogP contribution is 2.20. The number of nitrogens with two attached hydrogens (primary N) is 1. The number of hydrogen-bond acceptors (Lipinski definition) is 6. The highest BCUT2D eigenvalue weighted by Gasteiger charge is 2.17. The molecule has 110 valence electrons. The molecule has 2 rings (SSSR count). The van der Waals surface area contributed by atoms with E-state index in [1.165, 1.54) is 10.7 Å². The number of anilines is 1. The van der Waals surface area contributed by atoms with Gasteiger partial charge in [0.2, 0.25) is 0 Å². The van der Waals surface area contributed by atoms with Crippen LogP contribution >= 0.6 is 11.8 Å². The zero-order chi connectivity index (χ0) is 16.3.